The van der Waals surface area contributed by atoms with E-state index in [-0.39, 0.29) is 5.97 Å². The van der Waals surface area contributed by atoms with Gasteiger partial charge in [0.1, 0.15) is 6.33 Å². The number of rotatable bonds is 8. The van der Waals surface area contributed by atoms with Gasteiger partial charge in [-0.2, -0.15) is 0 Å². The fourth-order valence-electron chi connectivity index (χ4n) is 3.09. The van der Waals surface area contributed by atoms with E-state index in [2.05, 4.69) is 21.7 Å². The number of methoxy groups -OCH3 is 1. The maximum atomic E-state index is 12.4. The second-order valence-corrected chi connectivity index (χ2v) is 7.31. The third-order valence-electron chi connectivity index (χ3n) is 4.54. The number of pyridine rings is 1. The van der Waals surface area contributed by atoms with E-state index in [0.29, 0.717) is 17.0 Å². The predicted molar refractivity (Wildman–Crippen MR) is 107 cm³/mol. The normalized spacial score (nSPS) is 11.1. The molecule has 3 aromatic rings. The van der Waals surface area contributed by atoms with Gasteiger partial charge in [0.05, 0.1) is 23.9 Å². The lowest BCUT2D eigenvalue weighted by Gasteiger charge is -2.13. The maximum absolute atomic E-state index is 12.4. The van der Waals surface area contributed by atoms with Crippen LogP contribution in [-0.4, -0.2) is 32.8 Å². The highest BCUT2D eigenvalue weighted by Crippen LogP contribution is 2.28. The van der Waals surface area contributed by atoms with Gasteiger partial charge in [-0.3, -0.25) is 4.98 Å². The van der Waals surface area contributed by atoms with Gasteiger partial charge in [-0.15, -0.1) is 10.2 Å². The van der Waals surface area contributed by atoms with Crippen LogP contribution in [0.4, 0.5) is 0 Å². The van der Waals surface area contributed by atoms with Crippen molar-refractivity contribution in [3.8, 4) is 0 Å². The smallest absolute Gasteiger partial charge is 0.340 e. The summed E-state index contributed by atoms with van der Waals surface area (Å²) in [6, 6.07) is 7.84. The zero-order valence-corrected chi connectivity index (χ0v) is 16.8. The number of hydrogen-bond donors (Lipinski definition) is 0. The lowest BCUT2D eigenvalue weighted by atomic mass is 10.0. The third kappa shape index (κ3) is 4.30. The molecule has 27 heavy (non-hydrogen) atoms. The van der Waals surface area contributed by atoms with Crippen molar-refractivity contribution in [2.24, 2.45) is 0 Å². The first-order chi connectivity index (χ1) is 13.2. The zero-order valence-electron chi connectivity index (χ0n) is 15.9. The van der Waals surface area contributed by atoms with Crippen LogP contribution < -0.4 is 0 Å². The number of aryl methyl sites for hydroxylation is 2. The first-order valence-corrected chi connectivity index (χ1v) is 10.1. The molecule has 0 saturated heterocycles. The van der Waals surface area contributed by atoms with Gasteiger partial charge < -0.3 is 9.30 Å². The number of hydrogen-bond acceptors (Lipinski definition) is 6. The molecular formula is C20H24N4O2S. The Labute approximate surface area is 163 Å². The molecule has 0 aliphatic heterocycles. The Hall–Kier alpha value is -2.41. The summed E-state index contributed by atoms with van der Waals surface area (Å²) in [5, 5.41) is 10.1. The minimum Gasteiger partial charge on any atom is -0.465 e. The van der Waals surface area contributed by atoms with Gasteiger partial charge in [0.2, 0.25) is 0 Å². The number of nitrogens with zero attached hydrogens (tertiary/aromatic N) is 4. The molecule has 1 aromatic carbocycles. The lowest BCUT2D eigenvalue weighted by molar-refractivity contribution is 0.0598. The molecule has 3 rings (SSSR count). The summed E-state index contributed by atoms with van der Waals surface area (Å²) in [6.07, 6.45) is 5.22. The Morgan fingerprint density at radius 1 is 1.26 bits per heavy atom. The fraction of sp³-hybridized carbons (Fsp3) is 0.400. The van der Waals surface area contributed by atoms with Gasteiger partial charge in [0.25, 0.3) is 0 Å². The molecule has 6 nitrogen and oxygen atoms in total. The highest BCUT2D eigenvalue weighted by atomic mass is 32.2. The predicted octanol–water partition coefficient (Wildman–Crippen LogP) is 4.40. The van der Waals surface area contributed by atoms with Gasteiger partial charge in [-0.1, -0.05) is 49.7 Å². The summed E-state index contributed by atoms with van der Waals surface area (Å²) in [5.74, 6) is 0.175. The summed E-state index contributed by atoms with van der Waals surface area (Å²) < 4.78 is 7.07. The van der Waals surface area contributed by atoms with E-state index < -0.39 is 0 Å². The maximum Gasteiger partial charge on any atom is 0.340 e. The molecular weight excluding hydrogens is 360 g/mol. The van der Waals surface area contributed by atoms with E-state index in [1.165, 1.54) is 20.0 Å². The summed E-state index contributed by atoms with van der Waals surface area (Å²) in [6.45, 7) is 5.03. The van der Waals surface area contributed by atoms with Crippen molar-refractivity contribution in [3.63, 3.8) is 0 Å². The highest BCUT2D eigenvalue weighted by Gasteiger charge is 2.20. The molecule has 0 aliphatic rings. The van der Waals surface area contributed by atoms with Crippen molar-refractivity contribution in [2.45, 2.75) is 50.6 Å². The van der Waals surface area contributed by atoms with Crippen molar-refractivity contribution >= 4 is 28.6 Å². The van der Waals surface area contributed by atoms with E-state index in [4.69, 9.17) is 9.72 Å². The third-order valence-corrected chi connectivity index (χ3v) is 5.53. The number of aromatic nitrogens is 4. The second kappa shape index (κ2) is 8.99. The summed E-state index contributed by atoms with van der Waals surface area (Å²) in [4.78, 5) is 17.1. The average molecular weight is 385 g/mol. The van der Waals surface area contributed by atoms with Gasteiger partial charge in [0, 0.05) is 17.7 Å². The Morgan fingerprint density at radius 2 is 2.07 bits per heavy atom. The monoisotopic (exact) mass is 384 g/mol. The summed E-state index contributed by atoms with van der Waals surface area (Å²) in [7, 11) is 1.40. The molecule has 142 valence electrons. The highest BCUT2D eigenvalue weighted by molar-refractivity contribution is 7.98. The number of ether oxygens (including phenoxy) is 1. The number of esters is 1. The molecule has 0 spiro atoms. The number of fused-ring (bicyclic) bond motifs is 1. The summed E-state index contributed by atoms with van der Waals surface area (Å²) in [5.41, 5.74) is 3.03. The standard InChI is InChI=1S/C20H24N4O2S/c1-4-5-8-11-24-13-21-23-20(24)27-12-17-18(19(25)26-3)14(2)15-9-6-7-10-16(15)22-17/h6-7,9-10,13H,4-5,8,11-12H2,1-3H3. The Morgan fingerprint density at radius 3 is 2.85 bits per heavy atom. The summed E-state index contributed by atoms with van der Waals surface area (Å²) >= 11 is 1.54. The van der Waals surface area contributed by atoms with E-state index in [1.807, 2.05) is 31.2 Å². The molecule has 0 saturated carbocycles. The van der Waals surface area contributed by atoms with Crippen molar-refractivity contribution in [2.75, 3.05) is 7.11 Å². The second-order valence-electron chi connectivity index (χ2n) is 6.37. The fourth-order valence-corrected chi connectivity index (χ4v) is 3.98. The molecule has 2 heterocycles. The van der Waals surface area contributed by atoms with Crippen molar-refractivity contribution in [1.29, 1.82) is 0 Å². The van der Waals surface area contributed by atoms with Gasteiger partial charge in [0.15, 0.2) is 5.16 Å². The van der Waals surface area contributed by atoms with Gasteiger partial charge >= 0.3 is 5.97 Å². The van der Waals surface area contributed by atoms with Crippen LogP contribution in [0.25, 0.3) is 10.9 Å². The van der Waals surface area contributed by atoms with Gasteiger partial charge in [-0.05, 0) is 25.0 Å². The molecule has 0 fully saturated rings. The van der Waals surface area contributed by atoms with Crippen LogP contribution in [0.15, 0.2) is 35.7 Å². The van der Waals surface area contributed by atoms with Crippen LogP contribution in [0.1, 0.15) is 47.8 Å². The number of para-hydroxylation sites is 1. The molecule has 0 unspecified atom stereocenters. The van der Waals surface area contributed by atoms with Crippen molar-refractivity contribution < 1.29 is 9.53 Å². The molecule has 0 N–H and O–H groups in total. The molecule has 0 bridgehead atoms. The Kier molecular flexibility index (Phi) is 6.45. The van der Waals surface area contributed by atoms with E-state index in [9.17, 15) is 4.79 Å². The number of unbranched alkanes of at least 4 members (excludes halogenated alkanes) is 2. The molecule has 0 radical (unpaired) electrons. The average Bonchev–Trinajstić information content (AvgIpc) is 3.13. The molecule has 0 aliphatic carbocycles. The van der Waals surface area contributed by atoms with Crippen molar-refractivity contribution in [1.82, 2.24) is 19.7 Å². The Bertz CT molecular complexity index is 939. The number of carbonyl (C=O) groups excluding carboxylic acids is 1. The Balaban J connectivity index is 1.88. The van der Waals surface area contributed by atoms with Crippen LogP contribution in [0.5, 0.6) is 0 Å². The topological polar surface area (TPSA) is 69.9 Å². The lowest BCUT2D eigenvalue weighted by Crippen LogP contribution is -2.10. The molecule has 0 amide bonds. The number of carbonyl (C=O) groups is 1. The number of benzene rings is 1. The van der Waals surface area contributed by atoms with Crippen LogP contribution >= 0.6 is 11.8 Å². The van der Waals surface area contributed by atoms with Crippen molar-refractivity contribution in [3.05, 3.63) is 47.4 Å². The quantitative estimate of drug-likeness (QED) is 0.326. The van der Waals surface area contributed by atoms with E-state index in [1.54, 1.807) is 18.1 Å². The van der Waals surface area contributed by atoms with Gasteiger partial charge in [-0.25, -0.2) is 4.79 Å². The molecule has 7 heteroatoms. The molecule has 2 aromatic heterocycles. The minimum absolute atomic E-state index is 0.356. The largest absolute Gasteiger partial charge is 0.465 e. The van der Waals surface area contributed by atoms with Crippen LogP contribution in [0.2, 0.25) is 0 Å². The molecule has 0 atom stereocenters. The zero-order chi connectivity index (χ0) is 19.2. The number of thioether (sulfide) groups is 1. The van der Waals surface area contributed by atoms with Crippen LogP contribution in [0, 0.1) is 6.92 Å². The van der Waals surface area contributed by atoms with Crippen LogP contribution in [0.3, 0.4) is 0 Å². The first-order valence-electron chi connectivity index (χ1n) is 9.12. The van der Waals surface area contributed by atoms with E-state index >= 15 is 0 Å². The van der Waals surface area contributed by atoms with E-state index in [0.717, 1.165) is 34.6 Å². The first kappa shape index (κ1) is 19.4. The van der Waals surface area contributed by atoms with Crippen LogP contribution in [-0.2, 0) is 17.0 Å². The SMILES string of the molecule is CCCCCn1cnnc1SCc1nc2ccccc2c(C)c1C(=O)OC. The minimum atomic E-state index is -0.356.